The lowest BCUT2D eigenvalue weighted by Gasteiger charge is -1.97. The second-order valence-electron chi connectivity index (χ2n) is 1.99. The molecule has 0 saturated heterocycles. The lowest BCUT2D eigenvalue weighted by atomic mass is 10.2. The molecule has 54 valence electrons. The van der Waals surface area contributed by atoms with Gasteiger partial charge in [-0.05, 0) is 17.7 Å². The normalized spacial score (nSPS) is 9.80. The molecule has 0 heterocycles. The van der Waals surface area contributed by atoms with Gasteiger partial charge in [0.25, 0.3) is 0 Å². The van der Waals surface area contributed by atoms with Crippen molar-refractivity contribution in [1.29, 1.82) is 0 Å². The summed E-state index contributed by atoms with van der Waals surface area (Å²) in [5.74, 6) is -0.503. The van der Waals surface area contributed by atoms with Crippen molar-refractivity contribution >= 4 is 5.69 Å². The third-order valence-electron chi connectivity index (χ3n) is 1.21. The molecule has 0 spiro atoms. The van der Waals surface area contributed by atoms with Crippen LogP contribution in [-0.4, -0.2) is 0 Å². The number of nitrogens with two attached hydrogens (primary N) is 1. The summed E-state index contributed by atoms with van der Waals surface area (Å²) in [6, 6.07) is 3.81. The zero-order valence-electron chi connectivity index (χ0n) is 5.27. The van der Waals surface area contributed by atoms with Crippen LogP contribution in [0.15, 0.2) is 18.2 Å². The molecule has 0 aliphatic carbocycles. The second-order valence-corrected chi connectivity index (χ2v) is 1.99. The molecule has 0 aliphatic heterocycles. The van der Waals surface area contributed by atoms with E-state index in [-0.39, 0.29) is 5.69 Å². The Hall–Kier alpha value is -1.12. The van der Waals surface area contributed by atoms with Crippen LogP contribution in [0.25, 0.3) is 0 Å². The van der Waals surface area contributed by atoms with Gasteiger partial charge in [0.05, 0.1) is 5.69 Å². The molecule has 0 unspecified atom stereocenters. The van der Waals surface area contributed by atoms with E-state index >= 15 is 0 Å². The summed E-state index contributed by atoms with van der Waals surface area (Å²) in [6.45, 7) is -0.607. The average molecular weight is 143 g/mol. The first-order chi connectivity index (χ1) is 4.74. The Morgan fingerprint density at radius 3 is 2.60 bits per heavy atom. The zero-order valence-corrected chi connectivity index (χ0v) is 5.27. The monoisotopic (exact) mass is 143 g/mol. The Bertz CT molecular complexity index is 235. The Morgan fingerprint density at radius 1 is 1.40 bits per heavy atom. The molecule has 0 amide bonds. The van der Waals surface area contributed by atoms with E-state index in [9.17, 15) is 8.78 Å². The number of hydrogen-bond donors (Lipinski definition) is 1. The smallest absolute Gasteiger partial charge is 0.146 e. The zero-order chi connectivity index (χ0) is 7.56. The number of alkyl halides is 1. The summed E-state index contributed by atoms with van der Waals surface area (Å²) in [5.41, 5.74) is 5.55. The summed E-state index contributed by atoms with van der Waals surface area (Å²) in [4.78, 5) is 0. The number of anilines is 1. The van der Waals surface area contributed by atoms with E-state index in [4.69, 9.17) is 5.73 Å². The van der Waals surface area contributed by atoms with Crippen LogP contribution in [0.3, 0.4) is 0 Å². The van der Waals surface area contributed by atoms with Crippen molar-refractivity contribution in [2.45, 2.75) is 6.67 Å². The number of benzene rings is 1. The lowest BCUT2D eigenvalue weighted by molar-refractivity contribution is 0.484. The van der Waals surface area contributed by atoms with Crippen LogP contribution < -0.4 is 5.73 Å². The van der Waals surface area contributed by atoms with Gasteiger partial charge in [0.2, 0.25) is 0 Å². The van der Waals surface area contributed by atoms with E-state index in [1.54, 1.807) is 0 Å². The summed E-state index contributed by atoms with van der Waals surface area (Å²) in [7, 11) is 0. The van der Waals surface area contributed by atoms with Crippen molar-refractivity contribution < 1.29 is 8.78 Å². The molecule has 3 heteroatoms. The Kier molecular flexibility index (Phi) is 1.85. The Labute approximate surface area is 57.5 Å². The fourth-order valence-electron chi connectivity index (χ4n) is 0.676. The highest BCUT2D eigenvalue weighted by Gasteiger charge is 1.97. The van der Waals surface area contributed by atoms with Gasteiger partial charge in [0.15, 0.2) is 0 Å². The summed E-state index contributed by atoms with van der Waals surface area (Å²) >= 11 is 0. The van der Waals surface area contributed by atoms with Gasteiger partial charge in [0.1, 0.15) is 12.5 Å². The summed E-state index contributed by atoms with van der Waals surface area (Å²) < 4.78 is 24.2. The maximum atomic E-state index is 12.4. The van der Waals surface area contributed by atoms with E-state index in [0.29, 0.717) is 5.56 Å². The SMILES string of the molecule is Nc1cc(CF)ccc1F. The predicted octanol–water partition coefficient (Wildman–Crippen LogP) is 1.88. The predicted molar refractivity (Wildman–Crippen MR) is 35.6 cm³/mol. The fourth-order valence-corrected chi connectivity index (χ4v) is 0.676. The molecule has 0 radical (unpaired) electrons. The van der Waals surface area contributed by atoms with Gasteiger partial charge in [-0.3, -0.25) is 0 Å². The number of rotatable bonds is 1. The van der Waals surface area contributed by atoms with E-state index in [2.05, 4.69) is 0 Å². The van der Waals surface area contributed by atoms with Gasteiger partial charge in [-0.25, -0.2) is 8.78 Å². The number of nitrogen functional groups attached to an aromatic ring is 1. The van der Waals surface area contributed by atoms with Crippen LogP contribution >= 0.6 is 0 Å². The van der Waals surface area contributed by atoms with Crippen molar-refractivity contribution in [3.05, 3.63) is 29.6 Å². The van der Waals surface area contributed by atoms with Gasteiger partial charge < -0.3 is 5.73 Å². The first kappa shape index (κ1) is 6.99. The standard InChI is InChI=1S/C7H7F2N/c8-4-5-1-2-6(9)7(10)3-5/h1-3H,4,10H2. The van der Waals surface area contributed by atoms with E-state index in [1.165, 1.54) is 12.1 Å². The molecular formula is C7H7F2N. The molecule has 2 N–H and O–H groups in total. The van der Waals surface area contributed by atoms with Gasteiger partial charge in [-0.2, -0.15) is 0 Å². The lowest BCUT2D eigenvalue weighted by Crippen LogP contribution is -1.91. The van der Waals surface area contributed by atoms with Crippen LogP contribution in [0, 0.1) is 5.82 Å². The highest BCUT2D eigenvalue weighted by molar-refractivity contribution is 5.42. The molecule has 1 aromatic carbocycles. The second kappa shape index (κ2) is 2.64. The van der Waals surface area contributed by atoms with E-state index in [1.807, 2.05) is 0 Å². The minimum atomic E-state index is -0.607. The fraction of sp³-hybridized carbons (Fsp3) is 0.143. The van der Waals surface area contributed by atoms with Crippen molar-refractivity contribution in [2.75, 3.05) is 5.73 Å². The van der Waals surface area contributed by atoms with Crippen LogP contribution in [0.2, 0.25) is 0 Å². The largest absolute Gasteiger partial charge is 0.396 e. The van der Waals surface area contributed by atoms with Crippen molar-refractivity contribution in [3.8, 4) is 0 Å². The molecular weight excluding hydrogens is 136 g/mol. The topological polar surface area (TPSA) is 26.0 Å². The maximum Gasteiger partial charge on any atom is 0.146 e. The first-order valence-electron chi connectivity index (χ1n) is 2.84. The first-order valence-corrected chi connectivity index (χ1v) is 2.84. The summed E-state index contributed by atoms with van der Waals surface area (Å²) in [6.07, 6.45) is 0. The average Bonchev–Trinajstić information content (AvgIpc) is 1.95. The minimum absolute atomic E-state index is 0.00449. The van der Waals surface area contributed by atoms with Crippen LogP contribution in [0.1, 0.15) is 5.56 Å². The van der Waals surface area contributed by atoms with Gasteiger partial charge >= 0.3 is 0 Å². The van der Waals surface area contributed by atoms with Crippen molar-refractivity contribution in [1.82, 2.24) is 0 Å². The molecule has 0 fully saturated rings. The molecule has 1 nitrogen and oxygen atoms in total. The van der Waals surface area contributed by atoms with Gasteiger partial charge in [-0.15, -0.1) is 0 Å². The van der Waals surface area contributed by atoms with Crippen LogP contribution in [-0.2, 0) is 6.67 Å². The number of hydrogen-bond acceptors (Lipinski definition) is 1. The highest BCUT2D eigenvalue weighted by atomic mass is 19.1. The Balaban J connectivity index is 3.04. The minimum Gasteiger partial charge on any atom is -0.396 e. The van der Waals surface area contributed by atoms with Crippen molar-refractivity contribution in [2.24, 2.45) is 0 Å². The molecule has 0 aromatic heterocycles. The number of halogens is 2. The third-order valence-corrected chi connectivity index (χ3v) is 1.21. The van der Waals surface area contributed by atoms with Crippen LogP contribution in [0.5, 0.6) is 0 Å². The molecule has 0 bridgehead atoms. The van der Waals surface area contributed by atoms with E-state index < -0.39 is 12.5 Å². The molecule has 1 rings (SSSR count). The third kappa shape index (κ3) is 1.23. The van der Waals surface area contributed by atoms with Crippen LogP contribution in [0.4, 0.5) is 14.5 Å². The molecule has 1 aromatic rings. The van der Waals surface area contributed by atoms with Gasteiger partial charge in [-0.1, -0.05) is 6.07 Å². The van der Waals surface area contributed by atoms with Crippen molar-refractivity contribution in [3.63, 3.8) is 0 Å². The van der Waals surface area contributed by atoms with E-state index in [0.717, 1.165) is 6.07 Å². The maximum absolute atomic E-state index is 12.4. The quantitative estimate of drug-likeness (QED) is 0.597. The summed E-state index contributed by atoms with van der Waals surface area (Å²) in [5, 5.41) is 0. The molecule has 10 heavy (non-hydrogen) atoms. The van der Waals surface area contributed by atoms with Gasteiger partial charge in [0, 0.05) is 0 Å². The molecule has 0 aliphatic rings. The highest BCUT2D eigenvalue weighted by Crippen LogP contribution is 2.12. The Morgan fingerprint density at radius 2 is 2.10 bits per heavy atom. The molecule has 0 saturated carbocycles. The molecule has 0 atom stereocenters.